The Labute approximate surface area is 228 Å². The van der Waals surface area contributed by atoms with Gasteiger partial charge in [-0.15, -0.1) is 0 Å². The van der Waals surface area contributed by atoms with Crippen LogP contribution in [0.25, 0.3) is 11.1 Å². The monoisotopic (exact) mass is 523 g/mol. The zero-order chi connectivity index (χ0) is 27.6. The van der Waals surface area contributed by atoms with Crippen LogP contribution in [0.1, 0.15) is 27.9 Å². The van der Waals surface area contributed by atoms with Crippen molar-refractivity contribution in [1.29, 1.82) is 0 Å². The topological polar surface area (TPSA) is 105 Å². The second-order valence-electron chi connectivity index (χ2n) is 9.31. The molecule has 4 aromatic carbocycles. The molecule has 0 aromatic heterocycles. The number of amides is 1. The van der Waals surface area contributed by atoms with Crippen molar-refractivity contribution < 1.29 is 19.4 Å². The number of ether oxygens (including phenoxy) is 1. The minimum absolute atomic E-state index is 0.241. The van der Waals surface area contributed by atoms with Gasteiger partial charge in [0.05, 0.1) is 7.11 Å². The van der Waals surface area contributed by atoms with E-state index in [2.05, 4.69) is 34.5 Å². The lowest BCUT2D eigenvalue weighted by molar-refractivity contribution is -0.138. The highest BCUT2D eigenvalue weighted by Gasteiger charge is 2.18. The highest BCUT2D eigenvalue weighted by Crippen LogP contribution is 2.26. The molecule has 1 atom stereocenters. The van der Waals surface area contributed by atoms with Crippen LogP contribution in [0.5, 0.6) is 5.75 Å². The summed E-state index contributed by atoms with van der Waals surface area (Å²) >= 11 is 0. The molecule has 0 bridgehead atoms. The van der Waals surface area contributed by atoms with Crippen molar-refractivity contribution in [3.63, 3.8) is 0 Å². The van der Waals surface area contributed by atoms with E-state index in [9.17, 15) is 14.7 Å². The van der Waals surface area contributed by atoms with Crippen molar-refractivity contribution in [2.45, 2.75) is 25.6 Å². The molecule has 4 aromatic rings. The lowest BCUT2D eigenvalue weighted by Crippen LogP contribution is -2.35. The van der Waals surface area contributed by atoms with Gasteiger partial charge in [-0.25, -0.2) is 0 Å². The number of benzene rings is 4. The summed E-state index contributed by atoms with van der Waals surface area (Å²) in [5.74, 6) is -0.658. The molecule has 0 saturated heterocycles. The van der Waals surface area contributed by atoms with Gasteiger partial charge in [0.2, 0.25) is 0 Å². The van der Waals surface area contributed by atoms with Crippen LogP contribution in [0.2, 0.25) is 0 Å². The number of nitrogens with two attached hydrogens (primary N) is 1. The molecule has 0 saturated carbocycles. The first kappa shape index (κ1) is 27.6. The molecule has 7 nitrogen and oxygen atoms in total. The van der Waals surface area contributed by atoms with E-state index in [4.69, 9.17) is 10.5 Å². The van der Waals surface area contributed by atoms with Crippen molar-refractivity contribution in [3.8, 4) is 16.9 Å². The second-order valence-corrected chi connectivity index (χ2v) is 9.31. The summed E-state index contributed by atoms with van der Waals surface area (Å²) in [6.45, 7) is 1.54. The van der Waals surface area contributed by atoms with Gasteiger partial charge in [-0.2, -0.15) is 0 Å². The van der Waals surface area contributed by atoms with Gasteiger partial charge < -0.3 is 20.9 Å². The van der Waals surface area contributed by atoms with Gasteiger partial charge in [-0.05, 0) is 52.9 Å². The molecule has 200 valence electrons. The molecule has 1 amide bonds. The molecular weight excluding hydrogens is 490 g/mol. The molecule has 0 unspecified atom stereocenters. The minimum atomic E-state index is -1.02. The zero-order valence-electron chi connectivity index (χ0n) is 21.9. The fourth-order valence-electron chi connectivity index (χ4n) is 4.44. The maximum atomic E-state index is 13.0. The maximum absolute atomic E-state index is 13.0. The Morgan fingerprint density at radius 3 is 2.28 bits per heavy atom. The van der Waals surface area contributed by atoms with Crippen LogP contribution < -0.4 is 15.8 Å². The highest BCUT2D eigenvalue weighted by atomic mass is 16.5. The number of carbonyl (C=O) groups is 2. The van der Waals surface area contributed by atoms with E-state index in [-0.39, 0.29) is 5.91 Å². The molecule has 0 spiro atoms. The van der Waals surface area contributed by atoms with Crippen LogP contribution in [0.4, 0.5) is 5.69 Å². The van der Waals surface area contributed by atoms with Gasteiger partial charge in [0.25, 0.3) is 5.91 Å². The standard InChI is InChI=1S/C32H33N3O4/c1-39-27-15-9-14-24(20-27)31(36)34-30-17-8-6-13-26(30)22-35(19-18-29(33)32(37)38)21-25-12-5-7-16-28(25)23-10-3-2-4-11-23/h2-17,20,29H,18-19,21-22,33H2,1H3,(H,34,36)(H,37,38)/t29-/m0/s1. The van der Waals surface area contributed by atoms with Gasteiger partial charge in [0.1, 0.15) is 11.8 Å². The maximum Gasteiger partial charge on any atom is 0.320 e. The average Bonchev–Trinajstić information content (AvgIpc) is 2.97. The molecule has 4 rings (SSSR count). The molecule has 39 heavy (non-hydrogen) atoms. The summed E-state index contributed by atoms with van der Waals surface area (Å²) in [6.07, 6.45) is 0.293. The van der Waals surface area contributed by atoms with E-state index in [1.165, 1.54) is 0 Å². The number of carboxylic acids is 1. The van der Waals surface area contributed by atoms with Crippen molar-refractivity contribution in [2.75, 3.05) is 19.0 Å². The third kappa shape index (κ3) is 7.54. The Morgan fingerprint density at radius 1 is 0.872 bits per heavy atom. The molecule has 0 aliphatic heterocycles. The SMILES string of the molecule is COc1cccc(C(=O)Nc2ccccc2CN(CC[C@H](N)C(=O)O)Cc2ccccc2-c2ccccc2)c1. The van der Waals surface area contributed by atoms with Gasteiger partial charge in [0.15, 0.2) is 0 Å². The predicted molar refractivity (Wildman–Crippen MR) is 154 cm³/mol. The fraction of sp³-hybridized carbons (Fsp3) is 0.188. The summed E-state index contributed by atoms with van der Waals surface area (Å²) in [4.78, 5) is 26.6. The minimum Gasteiger partial charge on any atom is -0.497 e. The number of carbonyl (C=O) groups excluding carboxylic acids is 1. The first-order valence-corrected chi connectivity index (χ1v) is 12.8. The number of para-hydroxylation sites is 1. The first-order valence-electron chi connectivity index (χ1n) is 12.8. The Morgan fingerprint density at radius 2 is 1.54 bits per heavy atom. The van der Waals surface area contributed by atoms with Crippen molar-refractivity contribution >= 4 is 17.6 Å². The summed E-state index contributed by atoms with van der Waals surface area (Å²) < 4.78 is 5.25. The number of nitrogens with one attached hydrogen (secondary N) is 1. The van der Waals surface area contributed by atoms with Crippen LogP contribution in [0.15, 0.2) is 103 Å². The van der Waals surface area contributed by atoms with Gasteiger partial charge in [-0.1, -0.05) is 78.9 Å². The summed E-state index contributed by atoms with van der Waals surface area (Å²) in [5, 5.41) is 12.4. The van der Waals surface area contributed by atoms with Gasteiger partial charge in [0, 0.05) is 30.9 Å². The van der Waals surface area contributed by atoms with E-state index in [0.717, 1.165) is 22.3 Å². The summed E-state index contributed by atoms with van der Waals surface area (Å²) in [7, 11) is 1.56. The normalized spacial score (nSPS) is 11.7. The van der Waals surface area contributed by atoms with E-state index >= 15 is 0 Å². The number of hydrogen-bond acceptors (Lipinski definition) is 5. The number of rotatable bonds is 12. The Bertz CT molecular complexity index is 1410. The quantitative estimate of drug-likeness (QED) is 0.229. The number of carboxylic acid groups (broad SMARTS) is 1. The highest BCUT2D eigenvalue weighted by molar-refractivity contribution is 6.04. The van der Waals surface area contributed by atoms with E-state index in [1.807, 2.05) is 54.6 Å². The zero-order valence-corrected chi connectivity index (χ0v) is 21.9. The molecule has 0 radical (unpaired) electrons. The van der Waals surface area contributed by atoms with Crippen LogP contribution in [-0.4, -0.2) is 41.6 Å². The fourth-order valence-corrected chi connectivity index (χ4v) is 4.44. The van der Waals surface area contributed by atoms with Crippen LogP contribution in [0, 0.1) is 0 Å². The van der Waals surface area contributed by atoms with Crippen LogP contribution in [0.3, 0.4) is 0 Å². The average molecular weight is 524 g/mol. The number of aliphatic carboxylic acids is 1. The second kappa shape index (κ2) is 13.4. The smallest absolute Gasteiger partial charge is 0.320 e. The van der Waals surface area contributed by atoms with Gasteiger partial charge in [-0.3, -0.25) is 14.5 Å². The molecule has 4 N–H and O–H groups in total. The molecular formula is C32H33N3O4. The molecule has 0 aliphatic rings. The molecule has 0 heterocycles. The molecule has 0 aliphatic carbocycles. The largest absolute Gasteiger partial charge is 0.497 e. The Balaban J connectivity index is 1.59. The third-order valence-corrected chi connectivity index (χ3v) is 6.56. The first-order chi connectivity index (χ1) is 18.9. The number of hydrogen-bond donors (Lipinski definition) is 3. The molecule has 7 heteroatoms. The number of methoxy groups -OCH3 is 1. The van der Waals surface area contributed by atoms with Gasteiger partial charge >= 0.3 is 5.97 Å². The van der Waals surface area contributed by atoms with Crippen molar-refractivity contribution in [2.24, 2.45) is 5.73 Å². The van der Waals surface area contributed by atoms with Crippen LogP contribution >= 0.6 is 0 Å². The molecule has 0 fully saturated rings. The lowest BCUT2D eigenvalue weighted by Gasteiger charge is -2.26. The predicted octanol–water partition coefficient (Wildman–Crippen LogP) is 5.42. The lowest BCUT2D eigenvalue weighted by atomic mass is 9.99. The van der Waals surface area contributed by atoms with Crippen LogP contribution in [-0.2, 0) is 17.9 Å². The number of anilines is 1. The Hall–Kier alpha value is -4.46. The Kier molecular flexibility index (Phi) is 9.45. The van der Waals surface area contributed by atoms with E-state index < -0.39 is 12.0 Å². The summed E-state index contributed by atoms with van der Waals surface area (Å²) in [5.41, 5.74) is 11.3. The third-order valence-electron chi connectivity index (χ3n) is 6.56. The van der Waals surface area contributed by atoms with Crippen molar-refractivity contribution in [1.82, 2.24) is 4.90 Å². The number of nitrogens with zero attached hydrogens (tertiary/aromatic N) is 1. The van der Waals surface area contributed by atoms with Crippen molar-refractivity contribution in [3.05, 3.63) is 120 Å². The van der Waals surface area contributed by atoms with E-state index in [1.54, 1.807) is 31.4 Å². The van der Waals surface area contributed by atoms with E-state index in [0.29, 0.717) is 43.1 Å². The summed E-state index contributed by atoms with van der Waals surface area (Å²) in [6, 6.07) is 32.0.